The number of sulfone groups is 1. The van der Waals surface area contributed by atoms with E-state index in [4.69, 9.17) is 0 Å². The van der Waals surface area contributed by atoms with Crippen molar-refractivity contribution in [2.45, 2.75) is 33.1 Å². The van der Waals surface area contributed by atoms with Gasteiger partial charge in [0.2, 0.25) is 0 Å². The first-order valence-corrected chi connectivity index (χ1v) is 7.78. The van der Waals surface area contributed by atoms with E-state index < -0.39 is 9.84 Å². The van der Waals surface area contributed by atoms with Crippen molar-refractivity contribution in [3.05, 3.63) is 0 Å². The zero-order chi connectivity index (χ0) is 11.5. The third-order valence-corrected chi connectivity index (χ3v) is 3.96. The summed E-state index contributed by atoms with van der Waals surface area (Å²) in [6, 6.07) is 0. The van der Waals surface area contributed by atoms with Crippen molar-refractivity contribution in [3.8, 4) is 0 Å². The van der Waals surface area contributed by atoms with Gasteiger partial charge in [0.05, 0.1) is 5.75 Å². The van der Waals surface area contributed by atoms with E-state index in [1.807, 2.05) is 0 Å². The van der Waals surface area contributed by atoms with Crippen molar-refractivity contribution in [1.82, 2.24) is 5.32 Å². The number of hydrogen-bond acceptors (Lipinski definition) is 3. The fourth-order valence-electron chi connectivity index (χ4n) is 1.72. The van der Waals surface area contributed by atoms with Crippen LogP contribution in [0.25, 0.3) is 0 Å². The molecule has 0 aromatic carbocycles. The summed E-state index contributed by atoms with van der Waals surface area (Å²) >= 11 is 0. The average Bonchev–Trinajstić information content (AvgIpc) is 2.80. The highest BCUT2D eigenvalue weighted by Crippen LogP contribution is 2.48. The highest BCUT2D eigenvalue weighted by Gasteiger charge is 2.42. The van der Waals surface area contributed by atoms with Gasteiger partial charge in [0.1, 0.15) is 9.84 Å². The van der Waals surface area contributed by atoms with Crippen LogP contribution in [0.3, 0.4) is 0 Å². The molecule has 1 saturated carbocycles. The van der Waals surface area contributed by atoms with E-state index in [1.165, 1.54) is 19.1 Å². The summed E-state index contributed by atoms with van der Waals surface area (Å²) in [6.07, 6.45) is 4.53. The van der Waals surface area contributed by atoms with Crippen LogP contribution in [0.4, 0.5) is 0 Å². The van der Waals surface area contributed by atoms with Crippen LogP contribution < -0.4 is 5.32 Å². The Labute approximate surface area is 93.6 Å². The van der Waals surface area contributed by atoms with Gasteiger partial charge in [-0.2, -0.15) is 0 Å². The Morgan fingerprint density at radius 3 is 2.33 bits per heavy atom. The van der Waals surface area contributed by atoms with Crippen LogP contribution in [0.2, 0.25) is 0 Å². The van der Waals surface area contributed by atoms with Gasteiger partial charge in [-0.15, -0.1) is 0 Å². The Morgan fingerprint density at radius 1 is 1.33 bits per heavy atom. The van der Waals surface area contributed by atoms with E-state index in [2.05, 4.69) is 19.2 Å². The monoisotopic (exact) mass is 233 g/mol. The molecule has 1 aliphatic rings. The van der Waals surface area contributed by atoms with Crippen LogP contribution in [0.15, 0.2) is 0 Å². The fraction of sp³-hybridized carbons (Fsp3) is 1.00. The Morgan fingerprint density at radius 2 is 1.93 bits per heavy atom. The molecule has 4 heteroatoms. The lowest BCUT2D eigenvalue weighted by Gasteiger charge is -2.16. The Hall–Kier alpha value is -0.0900. The number of rotatable bonds is 7. The summed E-state index contributed by atoms with van der Waals surface area (Å²) in [5, 5.41) is 3.43. The molecule has 3 nitrogen and oxygen atoms in total. The Balaban J connectivity index is 2.22. The Bertz CT molecular complexity index is 292. The minimum atomic E-state index is -2.79. The van der Waals surface area contributed by atoms with Crippen molar-refractivity contribution in [2.24, 2.45) is 11.3 Å². The molecule has 0 radical (unpaired) electrons. The molecule has 0 bridgehead atoms. The van der Waals surface area contributed by atoms with Gasteiger partial charge in [0.25, 0.3) is 0 Å². The van der Waals surface area contributed by atoms with Gasteiger partial charge in [-0.25, -0.2) is 8.42 Å². The lowest BCUT2D eigenvalue weighted by Crippen LogP contribution is -2.28. The van der Waals surface area contributed by atoms with E-state index in [0.29, 0.717) is 17.1 Å². The SMILES string of the molecule is CC(C)CNCC1(CCS(C)(=O)=O)CC1. The van der Waals surface area contributed by atoms with Gasteiger partial charge in [-0.1, -0.05) is 13.8 Å². The molecule has 0 amide bonds. The molecule has 1 rings (SSSR count). The zero-order valence-electron chi connectivity index (χ0n) is 10.0. The van der Waals surface area contributed by atoms with Crippen LogP contribution in [-0.4, -0.2) is 33.5 Å². The minimum Gasteiger partial charge on any atom is -0.316 e. The number of hydrogen-bond donors (Lipinski definition) is 1. The third kappa shape index (κ3) is 5.52. The van der Waals surface area contributed by atoms with Crippen molar-refractivity contribution in [3.63, 3.8) is 0 Å². The first-order chi connectivity index (χ1) is 6.83. The summed E-state index contributed by atoms with van der Waals surface area (Å²) in [5.74, 6) is 1.01. The molecule has 90 valence electrons. The average molecular weight is 233 g/mol. The largest absolute Gasteiger partial charge is 0.316 e. The van der Waals surface area contributed by atoms with Crippen LogP contribution in [-0.2, 0) is 9.84 Å². The van der Waals surface area contributed by atoms with Gasteiger partial charge in [0, 0.05) is 12.8 Å². The summed E-state index contributed by atoms with van der Waals surface area (Å²) < 4.78 is 22.1. The van der Waals surface area contributed by atoms with Gasteiger partial charge in [-0.3, -0.25) is 0 Å². The highest BCUT2D eigenvalue weighted by molar-refractivity contribution is 7.90. The lowest BCUT2D eigenvalue weighted by molar-refractivity contribution is 0.422. The minimum absolute atomic E-state index is 0.304. The second-order valence-electron chi connectivity index (χ2n) is 5.40. The molecular formula is C11H23NO2S. The molecule has 15 heavy (non-hydrogen) atoms. The van der Waals surface area contributed by atoms with E-state index >= 15 is 0 Å². The molecule has 1 fully saturated rings. The quantitative estimate of drug-likeness (QED) is 0.724. The maximum absolute atomic E-state index is 11.1. The van der Waals surface area contributed by atoms with E-state index in [0.717, 1.165) is 19.5 Å². The number of nitrogens with one attached hydrogen (secondary N) is 1. The van der Waals surface area contributed by atoms with Gasteiger partial charge < -0.3 is 5.32 Å². The predicted molar refractivity (Wildman–Crippen MR) is 63.7 cm³/mol. The first kappa shape index (κ1) is 13.0. The van der Waals surface area contributed by atoms with Crippen molar-refractivity contribution in [2.75, 3.05) is 25.1 Å². The molecule has 0 heterocycles. The van der Waals surface area contributed by atoms with Gasteiger partial charge >= 0.3 is 0 Å². The fourth-order valence-corrected chi connectivity index (χ4v) is 2.52. The van der Waals surface area contributed by atoms with Crippen molar-refractivity contribution < 1.29 is 8.42 Å². The maximum Gasteiger partial charge on any atom is 0.147 e. The molecule has 0 aromatic heterocycles. The standard InChI is InChI=1S/C11H23NO2S/c1-10(2)8-12-9-11(4-5-11)6-7-15(3,13)14/h10,12H,4-9H2,1-3H3. The second kappa shape index (κ2) is 4.83. The zero-order valence-corrected chi connectivity index (χ0v) is 10.9. The van der Waals surface area contributed by atoms with E-state index in [-0.39, 0.29) is 0 Å². The lowest BCUT2D eigenvalue weighted by atomic mass is 10.0. The van der Waals surface area contributed by atoms with Crippen LogP contribution in [0.1, 0.15) is 33.1 Å². The molecule has 0 unspecified atom stereocenters. The summed E-state index contributed by atoms with van der Waals surface area (Å²) in [7, 11) is -2.79. The molecule has 0 spiro atoms. The summed E-state index contributed by atoms with van der Waals surface area (Å²) in [4.78, 5) is 0. The summed E-state index contributed by atoms with van der Waals surface area (Å²) in [6.45, 7) is 6.38. The van der Waals surface area contributed by atoms with Crippen LogP contribution >= 0.6 is 0 Å². The molecular weight excluding hydrogens is 210 g/mol. The first-order valence-electron chi connectivity index (χ1n) is 5.71. The van der Waals surface area contributed by atoms with E-state index in [9.17, 15) is 8.42 Å². The topological polar surface area (TPSA) is 46.2 Å². The third-order valence-electron chi connectivity index (χ3n) is 3.01. The molecule has 0 saturated heterocycles. The predicted octanol–water partition coefficient (Wildman–Crippen LogP) is 1.45. The van der Waals surface area contributed by atoms with E-state index in [1.54, 1.807) is 0 Å². The van der Waals surface area contributed by atoms with Gasteiger partial charge in [-0.05, 0) is 37.1 Å². The maximum atomic E-state index is 11.1. The van der Waals surface area contributed by atoms with Crippen molar-refractivity contribution >= 4 is 9.84 Å². The summed E-state index contributed by atoms with van der Waals surface area (Å²) in [5.41, 5.74) is 0.304. The van der Waals surface area contributed by atoms with Crippen LogP contribution in [0, 0.1) is 11.3 Å². The smallest absolute Gasteiger partial charge is 0.147 e. The second-order valence-corrected chi connectivity index (χ2v) is 7.66. The molecule has 1 aliphatic carbocycles. The highest BCUT2D eigenvalue weighted by atomic mass is 32.2. The molecule has 0 atom stereocenters. The normalized spacial score (nSPS) is 19.5. The van der Waals surface area contributed by atoms with Crippen molar-refractivity contribution in [1.29, 1.82) is 0 Å². The molecule has 1 N–H and O–H groups in total. The van der Waals surface area contributed by atoms with Crippen LogP contribution in [0.5, 0.6) is 0 Å². The Kier molecular flexibility index (Phi) is 4.18. The van der Waals surface area contributed by atoms with Gasteiger partial charge in [0.15, 0.2) is 0 Å². The molecule has 0 aromatic rings. The molecule has 0 aliphatic heterocycles.